The smallest absolute Gasteiger partial charge is 0.383 e. The van der Waals surface area contributed by atoms with E-state index in [2.05, 4.69) is 0 Å². The normalized spacial score (nSPS) is 12.6. The molecule has 0 radical (unpaired) electrons. The lowest BCUT2D eigenvalue weighted by molar-refractivity contribution is 0.243. The lowest BCUT2D eigenvalue weighted by Crippen LogP contribution is -2.50. The molecule has 0 saturated heterocycles. The quantitative estimate of drug-likeness (QED) is 0.738. The fraction of sp³-hybridized carbons (Fsp3) is 0.500. The van der Waals surface area contributed by atoms with Gasteiger partial charge in [-0.05, 0) is 45.2 Å². The van der Waals surface area contributed by atoms with Gasteiger partial charge in [0.2, 0.25) is 0 Å². The summed E-state index contributed by atoms with van der Waals surface area (Å²) in [4.78, 5) is 0. The Balaban J connectivity index is 2.73. The minimum atomic E-state index is -2.30. The van der Waals surface area contributed by atoms with Gasteiger partial charge in [0.05, 0.1) is 5.02 Å². The first-order valence-corrected chi connectivity index (χ1v) is 12.0. The van der Waals surface area contributed by atoms with E-state index in [9.17, 15) is 0 Å². The van der Waals surface area contributed by atoms with Crippen LogP contribution in [0.3, 0.4) is 0 Å². The average Bonchev–Trinajstić information content (AvgIpc) is 2.19. The minimum absolute atomic E-state index is 0.609. The average molecular weight is 305 g/mol. The molecule has 0 amide bonds. The third kappa shape index (κ3) is 5.11. The highest BCUT2D eigenvalue weighted by Crippen LogP contribution is 2.27. The zero-order valence-electron chi connectivity index (χ0n) is 11.6. The zero-order chi connectivity index (χ0) is 13.8. The molecular weight excluding hydrogens is 284 g/mol. The van der Waals surface area contributed by atoms with Crippen LogP contribution >= 0.6 is 11.6 Å². The lowest BCUT2D eigenvalue weighted by atomic mass is 10.3. The van der Waals surface area contributed by atoms with Crippen LogP contribution in [0.1, 0.15) is 6.92 Å². The molecule has 0 aliphatic carbocycles. The highest BCUT2D eigenvalue weighted by atomic mass is 35.5. The Morgan fingerprint density at radius 1 is 1.06 bits per heavy atom. The predicted octanol–water partition coefficient (Wildman–Crippen LogP) is 4.18. The van der Waals surface area contributed by atoms with Gasteiger partial charge in [-0.25, -0.2) is 0 Å². The number of hydrogen-bond acceptors (Lipinski definition) is 3. The molecule has 0 spiro atoms. The molecule has 0 saturated carbocycles. The maximum atomic E-state index is 6.10. The first-order chi connectivity index (χ1) is 8.26. The van der Waals surface area contributed by atoms with Crippen molar-refractivity contribution in [3.63, 3.8) is 0 Å². The van der Waals surface area contributed by atoms with Gasteiger partial charge >= 0.3 is 17.1 Å². The van der Waals surface area contributed by atoms with Crippen molar-refractivity contribution in [3.05, 3.63) is 29.3 Å². The Bertz CT molecular complexity index is 397. The lowest BCUT2D eigenvalue weighted by Gasteiger charge is -2.32. The molecule has 18 heavy (non-hydrogen) atoms. The fourth-order valence-corrected chi connectivity index (χ4v) is 8.56. The summed E-state index contributed by atoms with van der Waals surface area (Å²) in [5.74, 6) is 0.678. The summed E-state index contributed by atoms with van der Waals surface area (Å²) in [6.07, 6.45) is 0. The molecule has 0 atom stereocenters. The van der Waals surface area contributed by atoms with Crippen LogP contribution in [0.15, 0.2) is 24.3 Å². The van der Waals surface area contributed by atoms with Gasteiger partial charge in [-0.2, -0.15) is 0 Å². The summed E-state index contributed by atoms with van der Waals surface area (Å²) in [5, 5.41) is 0.609. The number of rotatable bonds is 6. The van der Waals surface area contributed by atoms with Gasteiger partial charge in [0, 0.05) is 6.61 Å². The van der Waals surface area contributed by atoms with E-state index in [0.717, 1.165) is 0 Å². The number of hydrogen-bond donors (Lipinski definition) is 0. The third-order valence-electron chi connectivity index (χ3n) is 2.18. The summed E-state index contributed by atoms with van der Waals surface area (Å²) in [7, 11) is -4.41. The maximum absolute atomic E-state index is 6.10. The van der Waals surface area contributed by atoms with Crippen molar-refractivity contribution >= 4 is 28.7 Å². The SMILES string of the molecule is CCO[Si](C)(C)O[Si](C)(C)Oc1ccccc1Cl. The first-order valence-electron chi connectivity index (χ1n) is 6.03. The van der Waals surface area contributed by atoms with E-state index >= 15 is 0 Å². The summed E-state index contributed by atoms with van der Waals surface area (Å²) in [6.45, 7) is 10.7. The largest absolute Gasteiger partial charge is 0.520 e. The first kappa shape index (κ1) is 15.7. The van der Waals surface area contributed by atoms with Crippen molar-refractivity contribution in [1.29, 1.82) is 0 Å². The molecule has 0 fully saturated rings. The van der Waals surface area contributed by atoms with Crippen LogP contribution in [0.25, 0.3) is 0 Å². The van der Waals surface area contributed by atoms with Gasteiger partial charge in [0.25, 0.3) is 0 Å². The molecule has 0 N–H and O–H groups in total. The molecule has 1 rings (SSSR count). The van der Waals surface area contributed by atoms with E-state index in [4.69, 9.17) is 24.6 Å². The molecule has 1 aromatic carbocycles. The fourth-order valence-electron chi connectivity index (χ4n) is 1.78. The Morgan fingerprint density at radius 3 is 2.22 bits per heavy atom. The van der Waals surface area contributed by atoms with Crippen molar-refractivity contribution in [2.24, 2.45) is 0 Å². The molecule has 0 unspecified atom stereocenters. The van der Waals surface area contributed by atoms with E-state index in [1.165, 1.54) is 0 Å². The van der Waals surface area contributed by atoms with Gasteiger partial charge < -0.3 is 13.0 Å². The standard InChI is InChI=1S/C12H21ClO3Si2/c1-6-14-17(2,3)16-18(4,5)15-12-10-8-7-9-11(12)13/h7-10H,6H2,1-5H3. The van der Waals surface area contributed by atoms with E-state index < -0.39 is 17.1 Å². The van der Waals surface area contributed by atoms with Crippen LogP contribution in [0.4, 0.5) is 0 Å². The van der Waals surface area contributed by atoms with Crippen molar-refractivity contribution in [2.75, 3.05) is 6.61 Å². The van der Waals surface area contributed by atoms with Gasteiger partial charge in [-0.15, -0.1) is 0 Å². The minimum Gasteiger partial charge on any atom is -0.520 e. The Kier molecular flexibility index (Phi) is 5.42. The van der Waals surface area contributed by atoms with Gasteiger partial charge in [0.15, 0.2) is 0 Å². The van der Waals surface area contributed by atoms with E-state index in [-0.39, 0.29) is 0 Å². The maximum Gasteiger partial charge on any atom is 0.383 e. The van der Waals surface area contributed by atoms with E-state index in [1.54, 1.807) is 0 Å². The topological polar surface area (TPSA) is 27.7 Å². The number of benzene rings is 1. The molecule has 6 heteroatoms. The molecule has 3 nitrogen and oxygen atoms in total. The highest BCUT2D eigenvalue weighted by Gasteiger charge is 2.37. The second-order valence-electron chi connectivity index (χ2n) is 4.87. The van der Waals surface area contributed by atoms with Crippen LogP contribution in [0, 0.1) is 0 Å². The van der Waals surface area contributed by atoms with Gasteiger partial charge in [-0.1, -0.05) is 23.7 Å². The summed E-state index contributed by atoms with van der Waals surface area (Å²) in [5.41, 5.74) is 0. The van der Waals surface area contributed by atoms with Crippen molar-refractivity contribution in [3.8, 4) is 5.75 Å². The molecule has 1 aromatic rings. The zero-order valence-corrected chi connectivity index (χ0v) is 14.4. The monoisotopic (exact) mass is 304 g/mol. The van der Waals surface area contributed by atoms with Gasteiger partial charge in [0.1, 0.15) is 5.75 Å². The summed E-state index contributed by atoms with van der Waals surface area (Å²) >= 11 is 6.08. The highest BCUT2D eigenvalue weighted by molar-refractivity contribution is 6.79. The Labute approximate surface area is 117 Å². The molecular formula is C12H21ClO3Si2. The molecule has 0 heterocycles. The molecule has 0 aromatic heterocycles. The van der Waals surface area contributed by atoms with Crippen LogP contribution < -0.4 is 4.43 Å². The van der Waals surface area contributed by atoms with Gasteiger partial charge in [-0.3, -0.25) is 0 Å². The third-order valence-corrected chi connectivity index (χ3v) is 8.12. The molecule has 0 bridgehead atoms. The van der Waals surface area contributed by atoms with Crippen LogP contribution in [-0.4, -0.2) is 23.7 Å². The number of para-hydroxylation sites is 1. The second-order valence-corrected chi connectivity index (χ2v) is 12.2. The molecule has 0 aliphatic heterocycles. The van der Waals surface area contributed by atoms with Crippen LogP contribution in [0.5, 0.6) is 5.75 Å². The number of halogens is 1. The predicted molar refractivity (Wildman–Crippen MR) is 79.8 cm³/mol. The van der Waals surface area contributed by atoms with Crippen molar-refractivity contribution < 1.29 is 13.0 Å². The van der Waals surface area contributed by atoms with E-state index in [1.807, 2.05) is 57.4 Å². The summed E-state index contributed by atoms with van der Waals surface area (Å²) in [6, 6.07) is 7.45. The van der Waals surface area contributed by atoms with E-state index in [0.29, 0.717) is 17.4 Å². The molecule has 102 valence electrons. The second kappa shape index (κ2) is 6.21. The Morgan fingerprint density at radius 2 is 1.67 bits per heavy atom. The Hall–Kier alpha value is -0.336. The molecule has 0 aliphatic rings. The van der Waals surface area contributed by atoms with Crippen LogP contribution in [0.2, 0.25) is 31.2 Å². The van der Waals surface area contributed by atoms with Crippen LogP contribution in [-0.2, 0) is 8.54 Å². The summed E-state index contributed by atoms with van der Waals surface area (Å²) < 4.78 is 17.7. The van der Waals surface area contributed by atoms with Crippen molar-refractivity contribution in [2.45, 2.75) is 33.1 Å². The van der Waals surface area contributed by atoms with Crippen molar-refractivity contribution in [1.82, 2.24) is 0 Å².